The lowest BCUT2D eigenvalue weighted by atomic mass is 9.98. The number of fused-ring (bicyclic) bond motifs is 1. The number of hydrogen-bond donors (Lipinski definition) is 0. The molecule has 2 atom stereocenters. The Morgan fingerprint density at radius 2 is 1.81 bits per heavy atom. The largest absolute Gasteiger partial charge is 0.458 e. The van der Waals surface area contributed by atoms with Crippen LogP contribution in [0.3, 0.4) is 0 Å². The van der Waals surface area contributed by atoms with Gasteiger partial charge in [0.2, 0.25) is 6.79 Å². The van der Waals surface area contributed by atoms with E-state index in [1.165, 1.54) is 0 Å². The lowest BCUT2D eigenvalue weighted by Crippen LogP contribution is -2.48. The van der Waals surface area contributed by atoms with Crippen LogP contribution in [0.2, 0.25) is 0 Å². The molecule has 1 aromatic rings. The maximum absolute atomic E-state index is 12.7. The van der Waals surface area contributed by atoms with Gasteiger partial charge in [-0.15, -0.1) is 0 Å². The van der Waals surface area contributed by atoms with Gasteiger partial charge in [0, 0.05) is 26.2 Å². The van der Waals surface area contributed by atoms with Crippen molar-refractivity contribution in [1.82, 2.24) is 9.80 Å². The fraction of sp³-hybridized carbons (Fsp3) is 0.600. The van der Waals surface area contributed by atoms with Crippen LogP contribution in [-0.4, -0.2) is 54.8 Å². The molecule has 0 N–H and O–H groups in total. The highest BCUT2D eigenvalue weighted by Crippen LogP contribution is 2.35. The number of piperidine rings is 1. The number of carbonyl (C=O) groups is 2. The van der Waals surface area contributed by atoms with Crippen molar-refractivity contribution < 1.29 is 23.8 Å². The monoisotopic (exact) mass is 374 g/mol. The van der Waals surface area contributed by atoms with Crippen molar-refractivity contribution in [1.29, 1.82) is 0 Å². The Hall–Kier alpha value is -2.44. The molecule has 0 bridgehead atoms. The summed E-state index contributed by atoms with van der Waals surface area (Å²) in [6.45, 7) is 4.89. The van der Waals surface area contributed by atoms with Gasteiger partial charge in [-0.25, -0.2) is 4.79 Å². The lowest BCUT2D eigenvalue weighted by molar-refractivity contribution is -0.155. The van der Waals surface area contributed by atoms with Crippen molar-refractivity contribution in [3.63, 3.8) is 0 Å². The van der Waals surface area contributed by atoms with Crippen LogP contribution in [0.25, 0.3) is 0 Å². The summed E-state index contributed by atoms with van der Waals surface area (Å²) in [5, 5.41) is 0. The smallest absolute Gasteiger partial charge is 0.320 e. The SMILES string of the molecule is C[C@H](OC(=O)[C@@H]1CCCN(C(=O)N2CCCC2)C1)c1ccc2c(c1)OCO2. The normalized spacial score (nSPS) is 22.6. The average molecular weight is 374 g/mol. The van der Waals surface area contributed by atoms with Gasteiger partial charge in [0.15, 0.2) is 11.5 Å². The van der Waals surface area contributed by atoms with Gasteiger partial charge in [0.05, 0.1) is 5.92 Å². The number of rotatable bonds is 3. The molecule has 2 amide bonds. The minimum atomic E-state index is -0.378. The number of carbonyl (C=O) groups excluding carboxylic acids is 2. The Bertz CT molecular complexity index is 716. The fourth-order valence-corrected chi connectivity index (χ4v) is 3.96. The first-order valence-corrected chi connectivity index (χ1v) is 9.76. The van der Waals surface area contributed by atoms with Crippen LogP contribution >= 0.6 is 0 Å². The molecular weight excluding hydrogens is 348 g/mol. The number of ether oxygens (including phenoxy) is 3. The van der Waals surface area contributed by atoms with E-state index in [2.05, 4.69) is 0 Å². The molecule has 0 aromatic heterocycles. The van der Waals surface area contributed by atoms with E-state index >= 15 is 0 Å². The van der Waals surface area contributed by atoms with Crippen molar-refractivity contribution in [3.8, 4) is 11.5 Å². The molecular formula is C20H26N2O5. The Labute approximate surface area is 159 Å². The van der Waals surface area contributed by atoms with Crippen LogP contribution in [0, 0.1) is 5.92 Å². The quantitative estimate of drug-likeness (QED) is 0.761. The second kappa shape index (κ2) is 7.66. The highest BCUT2D eigenvalue weighted by atomic mass is 16.7. The summed E-state index contributed by atoms with van der Waals surface area (Å²) < 4.78 is 16.4. The van der Waals surface area contributed by atoms with Crippen LogP contribution in [0.1, 0.15) is 44.3 Å². The molecule has 2 fully saturated rings. The van der Waals surface area contributed by atoms with E-state index in [9.17, 15) is 9.59 Å². The first kappa shape index (κ1) is 17.9. The molecule has 0 saturated carbocycles. The Balaban J connectivity index is 1.35. The van der Waals surface area contributed by atoms with Crippen molar-refractivity contribution in [2.75, 3.05) is 33.0 Å². The second-order valence-electron chi connectivity index (χ2n) is 7.45. The predicted molar refractivity (Wildman–Crippen MR) is 97.6 cm³/mol. The molecule has 0 spiro atoms. The number of urea groups is 1. The summed E-state index contributed by atoms with van der Waals surface area (Å²) in [4.78, 5) is 29.0. The van der Waals surface area contributed by atoms with Crippen molar-refractivity contribution >= 4 is 12.0 Å². The zero-order valence-electron chi connectivity index (χ0n) is 15.7. The van der Waals surface area contributed by atoms with Crippen LogP contribution < -0.4 is 9.47 Å². The van der Waals surface area contributed by atoms with E-state index < -0.39 is 0 Å². The van der Waals surface area contributed by atoms with Gasteiger partial charge in [-0.05, 0) is 50.3 Å². The average Bonchev–Trinajstić information content (AvgIpc) is 3.38. The maximum Gasteiger partial charge on any atom is 0.320 e. The Morgan fingerprint density at radius 3 is 2.63 bits per heavy atom. The van der Waals surface area contributed by atoms with E-state index in [1.807, 2.05) is 34.9 Å². The minimum Gasteiger partial charge on any atom is -0.458 e. The van der Waals surface area contributed by atoms with Gasteiger partial charge in [-0.2, -0.15) is 0 Å². The minimum absolute atomic E-state index is 0.0637. The molecule has 3 aliphatic heterocycles. The molecule has 7 nitrogen and oxygen atoms in total. The van der Waals surface area contributed by atoms with Crippen molar-refractivity contribution in [3.05, 3.63) is 23.8 Å². The molecule has 4 rings (SSSR count). The van der Waals surface area contributed by atoms with Crippen molar-refractivity contribution in [2.45, 2.75) is 38.7 Å². The molecule has 146 valence electrons. The molecule has 0 aliphatic carbocycles. The molecule has 3 heterocycles. The zero-order valence-corrected chi connectivity index (χ0v) is 15.7. The van der Waals surface area contributed by atoms with E-state index in [0.29, 0.717) is 18.0 Å². The Kier molecular flexibility index (Phi) is 5.09. The second-order valence-corrected chi connectivity index (χ2v) is 7.45. The first-order chi connectivity index (χ1) is 13.1. The van der Waals surface area contributed by atoms with Gasteiger partial charge in [-0.3, -0.25) is 4.79 Å². The van der Waals surface area contributed by atoms with E-state index in [0.717, 1.165) is 50.9 Å². The zero-order chi connectivity index (χ0) is 18.8. The summed E-state index contributed by atoms with van der Waals surface area (Å²) in [5.41, 5.74) is 0.869. The number of benzene rings is 1. The number of hydrogen-bond acceptors (Lipinski definition) is 5. The van der Waals surface area contributed by atoms with Gasteiger partial charge in [0.1, 0.15) is 6.10 Å². The lowest BCUT2D eigenvalue weighted by Gasteiger charge is -2.34. The summed E-state index contributed by atoms with van der Waals surface area (Å²) in [6.07, 6.45) is 3.35. The maximum atomic E-state index is 12.7. The summed E-state index contributed by atoms with van der Waals surface area (Å²) in [7, 11) is 0. The van der Waals surface area contributed by atoms with Crippen molar-refractivity contribution in [2.24, 2.45) is 5.92 Å². The number of esters is 1. The summed E-state index contributed by atoms with van der Waals surface area (Å²) in [5.74, 6) is 0.886. The fourth-order valence-electron chi connectivity index (χ4n) is 3.96. The number of amides is 2. The molecule has 27 heavy (non-hydrogen) atoms. The van der Waals surface area contributed by atoms with Gasteiger partial charge >= 0.3 is 12.0 Å². The molecule has 0 unspecified atom stereocenters. The number of nitrogens with zero attached hydrogens (tertiary/aromatic N) is 2. The third-order valence-electron chi connectivity index (χ3n) is 5.56. The van der Waals surface area contributed by atoms with Crippen LogP contribution in [0.5, 0.6) is 11.5 Å². The topological polar surface area (TPSA) is 68.3 Å². The van der Waals surface area contributed by atoms with Gasteiger partial charge in [-0.1, -0.05) is 6.07 Å². The van der Waals surface area contributed by atoms with E-state index in [-0.39, 0.29) is 30.8 Å². The first-order valence-electron chi connectivity index (χ1n) is 9.76. The molecule has 1 aromatic carbocycles. The van der Waals surface area contributed by atoms with E-state index in [1.54, 1.807) is 0 Å². The standard InChI is InChI=1S/C20H26N2O5/c1-14(15-6-7-17-18(11-15)26-13-25-17)27-19(23)16-5-4-10-22(12-16)20(24)21-8-2-3-9-21/h6-7,11,14,16H,2-5,8-10,12-13H2,1H3/t14-,16+/m0/s1. The van der Waals surface area contributed by atoms with Crippen LogP contribution in [-0.2, 0) is 9.53 Å². The van der Waals surface area contributed by atoms with Crippen LogP contribution in [0.15, 0.2) is 18.2 Å². The highest BCUT2D eigenvalue weighted by Gasteiger charge is 2.33. The third kappa shape index (κ3) is 3.82. The van der Waals surface area contributed by atoms with Gasteiger partial charge in [0.25, 0.3) is 0 Å². The summed E-state index contributed by atoms with van der Waals surface area (Å²) >= 11 is 0. The molecule has 7 heteroatoms. The van der Waals surface area contributed by atoms with Gasteiger partial charge < -0.3 is 24.0 Å². The summed E-state index contributed by atoms with van der Waals surface area (Å²) in [6, 6.07) is 5.63. The number of likely N-dealkylation sites (tertiary alicyclic amines) is 2. The highest BCUT2D eigenvalue weighted by molar-refractivity contribution is 5.77. The predicted octanol–water partition coefficient (Wildman–Crippen LogP) is 2.95. The van der Waals surface area contributed by atoms with E-state index in [4.69, 9.17) is 14.2 Å². The molecule has 2 saturated heterocycles. The van der Waals surface area contributed by atoms with Crippen LogP contribution in [0.4, 0.5) is 4.79 Å². The molecule has 3 aliphatic rings. The molecule has 0 radical (unpaired) electrons. The third-order valence-corrected chi connectivity index (χ3v) is 5.56. The Morgan fingerprint density at radius 1 is 1.07 bits per heavy atom.